The number of hydrogen-bond donors (Lipinski definition) is 3. The highest BCUT2D eigenvalue weighted by Crippen LogP contribution is 2.27. The van der Waals surface area contributed by atoms with Crippen molar-refractivity contribution in [2.75, 3.05) is 44.5 Å². The smallest absolute Gasteiger partial charge is 0.336 e. The van der Waals surface area contributed by atoms with Crippen LogP contribution in [-0.4, -0.2) is 78.8 Å². The van der Waals surface area contributed by atoms with Gasteiger partial charge in [-0.2, -0.15) is 0 Å². The van der Waals surface area contributed by atoms with Gasteiger partial charge in [0.2, 0.25) is 0 Å². The van der Waals surface area contributed by atoms with E-state index in [0.717, 1.165) is 0 Å². The number of aromatic carboxylic acids is 1. The van der Waals surface area contributed by atoms with Gasteiger partial charge in [0.05, 0.1) is 22.9 Å². The van der Waals surface area contributed by atoms with Crippen LogP contribution in [0.4, 0.5) is 20.6 Å². The maximum Gasteiger partial charge on any atom is 0.336 e. The first kappa shape index (κ1) is 31.5. The molecule has 10 nitrogen and oxygen atoms in total. The van der Waals surface area contributed by atoms with Crippen LogP contribution >= 0.6 is 0 Å². The highest BCUT2D eigenvalue weighted by molar-refractivity contribution is 6.02. The zero-order valence-corrected chi connectivity index (χ0v) is 24.7. The normalized spacial score (nSPS) is 19.8. The summed E-state index contributed by atoms with van der Waals surface area (Å²) in [5.74, 6) is -1.57. The second-order valence-electron chi connectivity index (χ2n) is 10.8. The molecule has 228 valence electrons. The lowest BCUT2D eigenvalue weighted by atomic mass is 10.00. The molecule has 0 aliphatic carbocycles. The number of carboxylic acids is 1. The van der Waals surface area contributed by atoms with Crippen LogP contribution in [0.25, 0.3) is 0 Å². The number of amides is 3. The molecule has 1 heterocycles. The van der Waals surface area contributed by atoms with Crippen LogP contribution in [0.1, 0.15) is 40.1 Å². The molecular weight excluding hydrogens is 555 g/mol. The third kappa shape index (κ3) is 7.88. The summed E-state index contributed by atoms with van der Waals surface area (Å²) in [6.07, 6.45) is -0.310. The van der Waals surface area contributed by atoms with Crippen molar-refractivity contribution in [1.82, 2.24) is 9.80 Å². The summed E-state index contributed by atoms with van der Waals surface area (Å²) in [7, 11) is 3.28. The van der Waals surface area contributed by atoms with Crippen molar-refractivity contribution >= 4 is 29.3 Å². The number of halogens is 1. The third-order valence-corrected chi connectivity index (χ3v) is 7.57. The lowest BCUT2D eigenvalue weighted by Crippen LogP contribution is -2.46. The predicted octanol–water partition coefficient (Wildman–Crippen LogP) is 5.17. The van der Waals surface area contributed by atoms with Crippen LogP contribution in [0.5, 0.6) is 5.75 Å². The van der Waals surface area contributed by atoms with Gasteiger partial charge in [0, 0.05) is 45.5 Å². The molecule has 0 aromatic heterocycles. The summed E-state index contributed by atoms with van der Waals surface area (Å²) in [4.78, 5) is 41.8. The summed E-state index contributed by atoms with van der Waals surface area (Å²) in [5.41, 5.74) is 1.51. The number of urea groups is 1. The Morgan fingerprint density at radius 2 is 1.77 bits per heavy atom. The number of carboxylic acid groups (broad SMARTS) is 1. The number of carbonyl (C=O) groups excluding carboxylic acids is 2. The Hall–Kier alpha value is -4.48. The Morgan fingerprint density at radius 3 is 2.49 bits per heavy atom. The fraction of sp³-hybridized carbons (Fsp3) is 0.344. The van der Waals surface area contributed by atoms with E-state index in [9.17, 15) is 23.9 Å². The lowest BCUT2D eigenvalue weighted by Gasteiger charge is -2.36. The first-order valence-electron chi connectivity index (χ1n) is 14.0. The Balaban J connectivity index is 1.61. The number of fused-ring (bicyclic) bond motifs is 1. The number of carbonyl (C=O) groups is 3. The highest BCUT2D eigenvalue weighted by atomic mass is 19.1. The fourth-order valence-corrected chi connectivity index (χ4v) is 5.08. The van der Waals surface area contributed by atoms with Crippen LogP contribution in [0, 0.1) is 11.7 Å². The molecule has 0 spiro atoms. The van der Waals surface area contributed by atoms with Gasteiger partial charge in [0.15, 0.2) is 0 Å². The zero-order valence-electron chi connectivity index (χ0n) is 24.7. The minimum absolute atomic E-state index is 0.0198. The third-order valence-electron chi connectivity index (χ3n) is 7.57. The van der Waals surface area contributed by atoms with Crippen molar-refractivity contribution in [2.24, 2.45) is 5.92 Å². The van der Waals surface area contributed by atoms with Gasteiger partial charge in [0.25, 0.3) is 5.91 Å². The minimum Gasteiger partial charge on any atom is -0.491 e. The maximum absolute atomic E-state index is 14.0. The predicted molar refractivity (Wildman–Crippen MR) is 161 cm³/mol. The van der Waals surface area contributed by atoms with Crippen LogP contribution in [0.2, 0.25) is 0 Å². The summed E-state index contributed by atoms with van der Waals surface area (Å²) >= 11 is 0. The average Bonchev–Trinajstić information content (AvgIpc) is 2.98. The number of benzene rings is 3. The highest BCUT2D eigenvalue weighted by Gasteiger charge is 2.29. The first-order valence-corrected chi connectivity index (χ1v) is 14.0. The molecule has 0 fully saturated rings. The van der Waals surface area contributed by atoms with Gasteiger partial charge < -0.3 is 30.1 Å². The molecule has 3 aromatic carbocycles. The van der Waals surface area contributed by atoms with E-state index >= 15 is 0 Å². The summed E-state index contributed by atoms with van der Waals surface area (Å²) in [5, 5.41) is 14.8. The Labute approximate surface area is 250 Å². The van der Waals surface area contributed by atoms with Gasteiger partial charge in [-0.05, 0) is 54.8 Å². The molecule has 0 saturated heterocycles. The molecule has 1 aliphatic heterocycles. The number of rotatable bonds is 6. The van der Waals surface area contributed by atoms with E-state index in [1.54, 1.807) is 49.4 Å². The van der Waals surface area contributed by atoms with Crippen molar-refractivity contribution in [2.45, 2.75) is 32.5 Å². The number of nitrogens with one attached hydrogen (secondary N) is 2. The van der Waals surface area contributed by atoms with E-state index in [0.29, 0.717) is 30.1 Å². The van der Waals surface area contributed by atoms with Crippen molar-refractivity contribution < 1.29 is 33.4 Å². The maximum atomic E-state index is 14.0. The van der Waals surface area contributed by atoms with Gasteiger partial charge in [-0.1, -0.05) is 37.3 Å². The van der Waals surface area contributed by atoms with E-state index in [1.165, 1.54) is 24.3 Å². The van der Waals surface area contributed by atoms with Gasteiger partial charge in [-0.3, -0.25) is 9.69 Å². The van der Waals surface area contributed by atoms with E-state index in [1.807, 2.05) is 26.0 Å². The van der Waals surface area contributed by atoms with Crippen molar-refractivity contribution in [3.8, 4) is 5.75 Å². The summed E-state index contributed by atoms with van der Waals surface area (Å²) in [6, 6.07) is 16.6. The Kier molecular flexibility index (Phi) is 10.3. The van der Waals surface area contributed by atoms with Crippen molar-refractivity contribution in [3.05, 3.63) is 89.2 Å². The molecule has 1 aliphatic rings. The van der Waals surface area contributed by atoms with E-state index in [-0.39, 0.29) is 53.9 Å². The van der Waals surface area contributed by atoms with Crippen molar-refractivity contribution in [3.63, 3.8) is 0 Å². The summed E-state index contributed by atoms with van der Waals surface area (Å²) in [6.45, 7) is 5.48. The van der Waals surface area contributed by atoms with Gasteiger partial charge >= 0.3 is 12.0 Å². The zero-order chi connectivity index (χ0) is 31.1. The second kappa shape index (κ2) is 14.1. The second-order valence-corrected chi connectivity index (χ2v) is 10.8. The molecule has 3 amide bonds. The number of ether oxygens (including phenoxy) is 2. The largest absolute Gasteiger partial charge is 0.491 e. The molecule has 0 bridgehead atoms. The van der Waals surface area contributed by atoms with Gasteiger partial charge in [0.1, 0.15) is 18.2 Å². The Morgan fingerprint density at radius 1 is 1.05 bits per heavy atom. The van der Waals surface area contributed by atoms with Crippen LogP contribution in [0.3, 0.4) is 0 Å². The van der Waals surface area contributed by atoms with E-state index in [2.05, 4.69) is 15.5 Å². The molecule has 3 N–H and O–H groups in total. The molecule has 0 saturated carbocycles. The number of hydrogen-bond acceptors (Lipinski definition) is 6. The topological polar surface area (TPSA) is 120 Å². The number of para-hydroxylation sites is 1. The van der Waals surface area contributed by atoms with E-state index in [4.69, 9.17) is 9.47 Å². The molecule has 43 heavy (non-hydrogen) atoms. The van der Waals surface area contributed by atoms with Gasteiger partial charge in [-0.25, -0.2) is 14.0 Å². The number of likely N-dealkylation sites (N-methyl/N-ethyl adjacent to an activating group) is 1. The number of anilines is 2. The molecule has 4 rings (SSSR count). The Bertz CT molecular complexity index is 1470. The molecule has 3 atom stereocenters. The monoisotopic (exact) mass is 592 g/mol. The molecular formula is C32H37FN4O6. The van der Waals surface area contributed by atoms with Crippen molar-refractivity contribution in [1.29, 1.82) is 0 Å². The quantitative estimate of drug-likeness (QED) is 0.361. The first-order chi connectivity index (χ1) is 20.6. The van der Waals surface area contributed by atoms with Crippen LogP contribution < -0.4 is 15.4 Å². The lowest BCUT2D eigenvalue weighted by molar-refractivity contribution is 0.00915. The summed E-state index contributed by atoms with van der Waals surface area (Å²) < 4.78 is 26.0. The molecule has 0 radical (unpaired) electrons. The number of methoxy groups -OCH3 is 1. The SMILES string of the molecule is CO[C@H]1CN(C)C(=O)c2cc(NC(=O)Nc3ccccc3F)ccc2OC[C@@H](C)N(Cc2ccccc2C(=O)O)C[C@@H]1C. The average molecular weight is 593 g/mol. The van der Waals surface area contributed by atoms with Crippen LogP contribution in [-0.2, 0) is 11.3 Å². The molecule has 11 heteroatoms. The van der Waals surface area contributed by atoms with E-state index < -0.39 is 17.8 Å². The van der Waals surface area contributed by atoms with Gasteiger partial charge in [-0.15, -0.1) is 0 Å². The fourth-order valence-electron chi connectivity index (χ4n) is 5.08. The molecule has 0 unspecified atom stereocenters. The standard InChI is InChI=1S/C32H37FN4O6/c1-20-16-37(17-22-9-5-6-10-24(22)31(39)40)21(2)19-43-28-14-13-23(15-25(28)30(38)36(3)18-29(20)42-4)34-32(41)35-27-12-8-7-11-26(27)33/h5-15,20-21,29H,16-19H2,1-4H3,(H,39,40)(H2,34,35,41)/t20-,21+,29-/m0/s1. The number of nitrogens with zero attached hydrogens (tertiary/aromatic N) is 2. The minimum atomic E-state index is -0.988. The molecule has 3 aromatic rings. The van der Waals surface area contributed by atoms with Crippen LogP contribution in [0.15, 0.2) is 66.7 Å².